The highest BCUT2D eigenvalue weighted by atomic mass is 32.1. The summed E-state index contributed by atoms with van der Waals surface area (Å²) in [7, 11) is 1.74. The number of fused-ring (bicyclic) bond motifs is 4. The Morgan fingerprint density at radius 3 is 1.45 bits per heavy atom. The van der Waals surface area contributed by atoms with Crippen LogP contribution in [-0.2, 0) is 5.41 Å². The maximum atomic E-state index is 6.19. The van der Waals surface area contributed by atoms with Crippen molar-refractivity contribution in [2.24, 2.45) is 5.92 Å². The standard InChI is InChI=1S/C29H34O2.C8H10O2S.C8H12S.C8H10.C7H10S.C6H9N/c1-8-18(2)17-31-27-16-24(28(30-7)14-20(27)4)21-10-12-23-22-11-9-19(3)13-25(22)29(5,6)26(23)15-21;1-5-7-8(6(2)11-5)10-4-3-9-7;1-5-6(2)8(4)9-7(5)3;1-7-3-5-8(2)6-4-7;1-5-4-6(2)8-7(5)3;1-5-3-4-6(2)7-5/h9-16,18H,8,17H2,1-7H3;3-4H2,1-2H3;1-4H3;3-6H,1-2H3;4H,1-3H3;3-4,7H,1-2H3. The first-order valence-electron chi connectivity index (χ1n) is 26.1. The highest BCUT2D eigenvalue weighted by Crippen LogP contribution is 2.51. The lowest BCUT2D eigenvalue weighted by Gasteiger charge is -2.23. The van der Waals surface area contributed by atoms with Crippen LogP contribution in [0.4, 0.5) is 0 Å². The maximum absolute atomic E-state index is 6.19. The number of aryl methyl sites for hydroxylation is 13. The topological polar surface area (TPSA) is 52.7 Å². The number of hydrogen-bond acceptors (Lipinski definition) is 7. The fourth-order valence-corrected chi connectivity index (χ4v) is 11.8. The van der Waals surface area contributed by atoms with Crippen LogP contribution >= 0.6 is 34.0 Å². The highest BCUT2D eigenvalue weighted by Gasteiger charge is 2.35. The fourth-order valence-electron chi connectivity index (χ4n) is 8.79. The van der Waals surface area contributed by atoms with Crippen LogP contribution in [0.25, 0.3) is 22.3 Å². The van der Waals surface area contributed by atoms with Gasteiger partial charge in [0.25, 0.3) is 0 Å². The minimum absolute atomic E-state index is 0.0273. The van der Waals surface area contributed by atoms with Crippen LogP contribution in [0.5, 0.6) is 23.0 Å². The molecule has 4 aromatic heterocycles. The van der Waals surface area contributed by atoms with Crippen molar-refractivity contribution in [2.75, 3.05) is 26.9 Å². The molecule has 1 aliphatic carbocycles. The quantitative estimate of drug-likeness (QED) is 0.180. The summed E-state index contributed by atoms with van der Waals surface area (Å²) < 4.78 is 22.9. The summed E-state index contributed by atoms with van der Waals surface area (Å²) in [5, 5.41) is 0. The van der Waals surface area contributed by atoms with Gasteiger partial charge in [-0.3, -0.25) is 0 Å². The summed E-state index contributed by atoms with van der Waals surface area (Å²) in [5.74, 6) is 4.28. The molecule has 0 radical (unpaired) electrons. The zero-order chi connectivity index (χ0) is 54.6. The van der Waals surface area contributed by atoms with E-state index in [1.54, 1.807) is 18.4 Å². The van der Waals surface area contributed by atoms with E-state index >= 15 is 0 Å². The number of nitrogens with one attached hydrogen (secondary N) is 1. The van der Waals surface area contributed by atoms with Crippen LogP contribution in [0.15, 0.2) is 91.0 Å². The Morgan fingerprint density at radius 2 is 1.03 bits per heavy atom. The molecule has 5 heterocycles. The second kappa shape index (κ2) is 26.8. The van der Waals surface area contributed by atoms with Gasteiger partial charge in [-0.1, -0.05) is 105 Å². The van der Waals surface area contributed by atoms with Gasteiger partial charge in [0.05, 0.1) is 13.7 Å². The molecule has 396 valence electrons. The number of hydrogen-bond donors (Lipinski definition) is 1. The maximum Gasteiger partial charge on any atom is 0.175 e. The number of ether oxygens (including phenoxy) is 4. The first-order valence-corrected chi connectivity index (χ1v) is 28.6. The van der Waals surface area contributed by atoms with Crippen molar-refractivity contribution in [1.29, 1.82) is 0 Å². The molecule has 2 aliphatic rings. The summed E-state index contributed by atoms with van der Waals surface area (Å²) in [6, 6.07) is 32.7. The van der Waals surface area contributed by atoms with E-state index in [4.69, 9.17) is 18.9 Å². The summed E-state index contributed by atoms with van der Waals surface area (Å²) in [6.07, 6.45) is 1.11. The molecule has 0 saturated heterocycles. The van der Waals surface area contributed by atoms with Gasteiger partial charge in [-0.25, -0.2) is 0 Å². The normalized spacial score (nSPS) is 12.6. The molecule has 1 unspecified atom stereocenters. The van der Waals surface area contributed by atoms with E-state index in [1.165, 1.54) is 102 Å². The Morgan fingerprint density at radius 1 is 0.527 bits per heavy atom. The summed E-state index contributed by atoms with van der Waals surface area (Å²) >= 11 is 5.50. The number of methoxy groups -OCH3 is 1. The molecule has 1 atom stereocenters. The third-order valence-corrected chi connectivity index (χ3v) is 17.3. The number of benzene rings is 4. The van der Waals surface area contributed by atoms with E-state index in [0.717, 1.165) is 47.2 Å². The number of H-pyrrole nitrogens is 1. The third kappa shape index (κ3) is 15.5. The van der Waals surface area contributed by atoms with Crippen molar-refractivity contribution in [1.82, 2.24) is 4.98 Å². The molecule has 5 nitrogen and oxygen atoms in total. The van der Waals surface area contributed by atoms with E-state index in [9.17, 15) is 0 Å². The number of thiophene rings is 3. The van der Waals surface area contributed by atoms with E-state index in [2.05, 4.69) is 214 Å². The summed E-state index contributed by atoms with van der Waals surface area (Å²) in [5.41, 5.74) is 19.6. The highest BCUT2D eigenvalue weighted by molar-refractivity contribution is 7.12. The lowest BCUT2D eigenvalue weighted by atomic mass is 9.81. The molecule has 0 spiro atoms. The van der Waals surface area contributed by atoms with Crippen molar-refractivity contribution < 1.29 is 18.9 Å². The smallest absolute Gasteiger partial charge is 0.175 e. The molecule has 8 aromatic rings. The van der Waals surface area contributed by atoms with Gasteiger partial charge >= 0.3 is 0 Å². The van der Waals surface area contributed by atoms with Crippen molar-refractivity contribution in [3.63, 3.8) is 0 Å². The molecule has 1 N–H and O–H groups in total. The van der Waals surface area contributed by atoms with Crippen LogP contribution in [0, 0.1) is 110 Å². The van der Waals surface area contributed by atoms with Gasteiger partial charge in [0.1, 0.15) is 24.7 Å². The van der Waals surface area contributed by atoms with Crippen LogP contribution < -0.4 is 18.9 Å². The average molecular weight is 1050 g/mol. The first kappa shape index (κ1) is 59.3. The van der Waals surface area contributed by atoms with Crippen LogP contribution in [0.3, 0.4) is 0 Å². The zero-order valence-corrected chi connectivity index (χ0v) is 50.9. The SMILES string of the molecule is CCC(C)COc1cc(-c2ccc3c(c2)C(C)(C)c2cc(C)ccc2-3)c(OC)cc1C.Cc1cc(C)c(C)s1.Cc1ccc(C)[nH]1.Cc1ccc(C)cc1.Cc1sc(C)c(C)c1C.Cc1sc(C)c2c1OCCO2. The van der Waals surface area contributed by atoms with E-state index in [-0.39, 0.29) is 5.41 Å². The van der Waals surface area contributed by atoms with Gasteiger partial charge in [0.15, 0.2) is 11.5 Å². The molecule has 10 rings (SSSR count). The van der Waals surface area contributed by atoms with E-state index < -0.39 is 0 Å². The molecule has 8 heteroatoms. The van der Waals surface area contributed by atoms with Crippen LogP contribution in [0.2, 0.25) is 0 Å². The molecule has 1 aliphatic heterocycles. The summed E-state index contributed by atoms with van der Waals surface area (Å²) in [6.45, 7) is 43.0. The Balaban J connectivity index is 0.000000191. The van der Waals surface area contributed by atoms with Crippen molar-refractivity contribution in [3.8, 4) is 45.3 Å². The largest absolute Gasteiger partial charge is 0.496 e. The Labute approximate surface area is 458 Å². The number of aromatic nitrogens is 1. The zero-order valence-electron chi connectivity index (χ0n) is 48.4. The predicted octanol–water partition coefficient (Wildman–Crippen LogP) is 19.4. The van der Waals surface area contributed by atoms with Gasteiger partial charge in [-0.05, 0) is 196 Å². The number of rotatable bonds is 6. The Bertz CT molecular complexity index is 2980. The van der Waals surface area contributed by atoms with Crippen molar-refractivity contribution in [3.05, 3.63) is 182 Å². The van der Waals surface area contributed by atoms with E-state index in [1.807, 2.05) is 36.5 Å². The van der Waals surface area contributed by atoms with Crippen LogP contribution in [-0.4, -0.2) is 31.9 Å². The number of aromatic amines is 1. The predicted molar refractivity (Wildman–Crippen MR) is 323 cm³/mol. The van der Waals surface area contributed by atoms with Crippen molar-refractivity contribution >= 4 is 34.0 Å². The van der Waals surface area contributed by atoms with Crippen molar-refractivity contribution in [2.45, 2.75) is 143 Å². The molecular weight excluding hydrogens is 967 g/mol. The molecule has 0 saturated carbocycles. The van der Waals surface area contributed by atoms with Gasteiger partial charge in [-0.2, -0.15) is 0 Å². The first-order chi connectivity index (χ1) is 34.9. The second-order valence-corrected chi connectivity index (χ2v) is 25.0. The minimum Gasteiger partial charge on any atom is -0.496 e. The molecule has 0 fully saturated rings. The lowest BCUT2D eigenvalue weighted by Crippen LogP contribution is -2.15. The minimum atomic E-state index is -0.0273. The fraction of sp³-hybridized carbons (Fsp3) is 0.394. The Kier molecular flexibility index (Phi) is 21.5. The third-order valence-electron chi connectivity index (χ3n) is 14.0. The second-order valence-electron chi connectivity index (χ2n) is 20.7. The van der Waals surface area contributed by atoms with Gasteiger partial charge in [0.2, 0.25) is 0 Å². The van der Waals surface area contributed by atoms with Gasteiger partial charge in [-0.15, -0.1) is 34.0 Å². The van der Waals surface area contributed by atoms with Gasteiger partial charge in [0, 0.05) is 51.6 Å². The van der Waals surface area contributed by atoms with Crippen LogP contribution in [0.1, 0.15) is 125 Å². The molecule has 0 amide bonds. The summed E-state index contributed by atoms with van der Waals surface area (Å²) in [4.78, 5) is 11.4. The average Bonchev–Trinajstić information content (AvgIpc) is 4.12. The molecule has 4 aromatic carbocycles. The Hall–Kier alpha value is -5.54. The molecule has 0 bridgehead atoms. The molecule has 74 heavy (non-hydrogen) atoms. The monoisotopic (exact) mass is 1050 g/mol. The lowest BCUT2D eigenvalue weighted by molar-refractivity contribution is 0.171. The van der Waals surface area contributed by atoms with E-state index in [0.29, 0.717) is 19.1 Å². The van der Waals surface area contributed by atoms with Gasteiger partial charge < -0.3 is 23.9 Å². The molecular formula is C66H85NO4S3.